The van der Waals surface area contributed by atoms with Crippen LogP contribution >= 0.6 is 28.3 Å². The first kappa shape index (κ1) is 18.4. The number of anilines is 1. The van der Waals surface area contributed by atoms with E-state index >= 15 is 0 Å². The molecule has 2 rings (SSSR count). The largest absolute Gasteiger partial charge is 0.325 e. The van der Waals surface area contributed by atoms with Crippen LogP contribution < -0.4 is 10.6 Å². The van der Waals surface area contributed by atoms with Gasteiger partial charge >= 0.3 is 0 Å². The Balaban J connectivity index is 0.00000220. The quantitative estimate of drug-likeness (QED) is 0.849. The summed E-state index contributed by atoms with van der Waals surface area (Å²) in [4.78, 5) is 14.2. The van der Waals surface area contributed by atoms with Crippen LogP contribution in [0.5, 0.6) is 0 Å². The van der Waals surface area contributed by atoms with Gasteiger partial charge in [-0.1, -0.05) is 15.9 Å². The third-order valence-electron chi connectivity index (χ3n) is 3.77. The maximum atomic E-state index is 12.1. The molecule has 4 nitrogen and oxygen atoms in total. The molecule has 0 spiro atoms. The lowest BCUT2D eigenvalue weighted by Gasteiger charge is -2.31. The number of nitrogens with one attached hydrogen (secondary N) is 2. The van der Waals surface area contributed by atoms with Gasteiger partial charge in [0.25, 0.3) is 0 Å². The Morgan fingerprint density at radius 3 is 2.71 bits per heavy atom. The van der Waals surface area contributed by atoms with Crippen LogP contribution in [-0.2, 0) is 4.79 Å². The lowest BCUT2D eigenvalue weighted by atomic mass is 10.1. The number of hydrogen-bond donors (Lipinski definition) is 2. The fraction of sp³-hybridized carbons (Fsp3) is 0.533. The van der Waals surface area contributed by atoms with Crippen LogP contribution in [0.3, 0.4) is 0 Å². The van der Waals surface area contributed by atoms with Crippen molar-refractivity contribution in [1.82, 2.24) is 10.2 Å². The van der Waals surface area contributed by atoms with E-state index in [4.69, 9.17) is 0 Å². The van der Waals surface area contributed by atoms with Gasteiger partial charge in [0.1, 0.15) is 0 Å². The molecule has 1 aromatic rings. The second kappa shape index (κ2) is 8.73. The molecule has 21 heavy (non-hydrogen) atoms. The van der Waals surface area contributed by atoms with Crippen molar-refractivity contribution in [3.8, 4) is 0 Å². The number of amides is 1. The van der Waals surface area contributed by atoms with Crippen LogP contribution in [-0.4, -0.2) is 43.5 Å². The van der Waals surface area contributed by atoms with Crippen LogP contribution in [0.25, 0.3) is 0 Å². The summed E-state index contributed by atoms with van der Waals surface area (Å²) >= 11 is 3.46. The number of aryl methyl sites for hydroxylation is 1. The van der Waals surface area contributed by atoms with E-state index in [0.29, 0.717) is 12.6 Å². The molecule has 0 atom stereocenters. The third kappa shape index (κ3) is 5.58. The predicted octanol–water partition coefficient (Wildman–Crippen LogP) is 2.80. The fourth-order valence-electron chi connectivity index (χ4n) is 2.53. The van der Waals surface area contributed by atoms with Gasteiger partial charge in [-0.25, -0.2) is 0 Å². The molecule has 1 saturated heterocycles. The third-order valence-corrected chi connectivity index (χ3v) is 4.66. The Hall–Kier alpha value is -0.620. The first-order valence-electron chi connectivity index (χ1n) is 7.03. The van der Waals surface area contributed by atoms with E-state index in [1.54, 1.807) is 0 Å². The molecule has 1 aliphatic heterocycles. The van der Waals surface area contributed by atoms with Crippen molar-refractivity contribution < 1.29 is 4.79 Å². The van der Waals surface area contributed by atoms with Crippen molar-refractivity contribution in [3.63, 3.8) is 0 Å². The molecule has 0 aromatic heterocycles. The lowest BCUT2D eigenvalue weighted by molar-refractivity contribution is -0.117. The number of benzene rings is 1. The number of likely N-dealkylation sites (N-methyl/N-ethyl adjacent to an activating group) is 1. The van der Waals surface area contributed by atoms with Gasteiger partial charge in [0.15, 0.2) is 0 Å². The van der Waals surface area contributed by atoms with Crippen LogP contribution in [0.4, 0.5) is 5.69 Å². The number of carbonyl (C=O) groups excluding carboxylic acids is 1. The number of nitrogens with zero attached hydrogens (tertiary/aromatic N) is 1. The average molecular weight is 377 g/mol. The van der Waals surface area contributed by atoms with Crippen molar-refractivity contribution in [1.29, 1.82) is 0 Å². The predicted molar refractivity (Wildman–Crippen MR) is 93.3 cm³/mol. The molecule has 1 heterocycles. The maximum absolute atomic E-state index is 12.1. The SMILES string of the molecule is Cc1cc(NC(=O)CN(C)C2CCNCC2)ccc1Br.Cl. The van der Waals surface area contributed by atoms with E-state index < -0.39 is 0 Å². The van der Waals surface area contributed by atoms with E-state index in [-0.39, 0.29) is 18.3 Å². The maximum Gasteiger partial charge on any atom is 0.238 e. The molecule has 0 aliphatic carbocycles. The van der Waals surface area contributed by atoms with Crippen molar-refractivity contribution >= 4 is 39.9 Å². The highest BCUT2D eigenvalue weighted by Gasteiger charge is 2.19. The van der Waals surface area contributed by atoms with Crippen molar-refractivity contribution in [2.75, 3.05) is 32.0 Å². The summed E-state index contributed by atoms with van der Waals surface area (Å²) in [5.41, 5.74) is 1.98. The zero-order valence-electron chi connectivity index (χ0n) is 12.5. The Kier molecular flexibility index (Phi) is 7.66. The standard InChI is InChI=1S/C15H22BrN3O.ClH/c1-11-9-12(3-4-14(11)16)18-15(20)10-19(2)13-5-7-17-8-6-13;/h3-4,9,13,17H,5-8,10H2,1-2H3,(H,18,20);1H. The molecule has 1 amide bonds. The van der Waals surface area contributed by atoms with Gasteiger partial charge in [0, 0.05) is 16.2 Å². The minimum atomic E-state index is 0. The van der Waals surface area contributed by atoms with E-state index in [9.17, 15) is 4.79 Å². The normalized spacial score (nSPS) is 15.6. The molecule has 1 aliphatic rings. The highest BCUT2D eigenvalue weighted by atomic mass is 79.9. The molecule has 6 heteroatoms. The van der Waals surface area contributed by atoms with Crippen molar-refractivity contribution in [2.45, 2.75) is 25.8 Å². The molecule has 0 bridgehead atoms. The second-order valence-electron chi connectivity index (χ2n) is 5.41. The average Bonchev–Trinajstić information content (AvgIpc) is 2.44. The summed E-state index contributed by atoms with van der Waals surface area (Å²) in [5, 5.41) is 6.31. The van der Waals surface area contributed by atoms with Gasteiger partial charge in [-0.15, -0.1) is 12.4 Å². The number of halogens is 2. The van der Waals surface area contributed by atoms with Gasteiger partial charge in [-0.05, 0) is 63.7 Å². The minimum absolute atomic E-state index is 0. The van der Waals surface area contributed by atoms with Crippen molar-refractivity contribution in [2.24, 2.45) is 0 Å². The number of rotatable bonds is 4. The van der Waals surface area contributed by atoms with Gasteiger partial charge in [0.2, 0.25) is 5.91 Å². The molecular weight excluding hydrogens is 354 g/mol. The molecule has 118 valence electrons. The van der Waals surface area contributed by atoms with Crippen LogP contribution in [0.2, 0.25) is 0 Å². The van der Waals surface area contributed by atoms with E-state index in [1.165, 1.54) is 0 Å². The molecule has 0 saturated carbocycles. The number of piperidine rings is 1. The molecule has 0 unspecified atom stereocenters. The summed E-state index contributed by atoms with van der Waals surface area (Å²) in [7, 11) is 2.03. The van der Waals surface area contributed by atoms with Crippen LogP contribution in [0.1, 0.15) is 18.4 Å². The molecule has 0 radical (unpaired) electrons. The van der Waals surface area contributed by atoms with Gasteiger partial charge in [-0.2, -0.15) is 0 Å². The minimum Gasteiger partial charge on any atom is -0.325 e. The zero-order chi connectivity index (χ0) is 14.5. The fourth-order valence-corrected chi connectivity index (χ4v) is 2.77. The van der Waals surface area contributed by atoms with Crippen molar-refractivity contribution in [3.05, 3.63) is 28.2 Å². The van der Waals surface area contributed by atoms with Gasteiger partial charge in [0.05, 0.1) is 6.54 Å². The topological polar surface area (TPSA) is 44.4 Å². The van der Waals surface area contributed by atoms with Gasteiger partial charge < -0.3 is 10.6 Å². The molecule has 1 fully saturated rings. The highest BCUT2D eigenvalue weighted by Crippen LogP contribution is 2.20. The van der Waals surface area contributed by atoms with Crippen LogP contribution in [0.15, 0.2) is 22.7 Å². The van der Waals surface area contributed by atoms with E-state index in [1.807, 2.05) is 32.2 Å². The second-order valence-corrected chi connectivity index (χ2v) is 6.26. The Bertz CT molecular complexity index is 478. The molecular formula is C15H23BrClN3O. The Morgan fingerprint density at radius 1 is 1.43 bits per heavy atom. The summed E-state index contributed by atoms with van der Waals surface area (Å²) in [5.74, 6) is 0.0488. The summed E-state index contributed by atoms with van der Waals surface area (Å²) in [6.07, 6.45) is 2.22. The first-order valence-corrected chi connectivity index (χ1v) is 7.82. The summed E-state index contributed by atoms with van der Waals surface area (Å²) in [6.45, 7) is 4.55. The van der Waals surface area contributed by atoms with E-state index in [0.717, 1.165) is 41.7 Å². The van der Waals surface area contributed by atoms with Gasteiger partial charge in [-0.3, -0.25) is 9.69 Å². The lowest BCUT2D eigenvalue weighted by Crippen LogP contribution is -2.44. The first-order chi connectivity index (χ1) is 9.56. The molecule has 2 N–H and O–H groups in total. The summed E-state index contributed by atoms with van der Waals surface area (Å²) < 4.78 is 1.06. The Morgan fingerprint density at radius 2 is 2.10 bits per heavy atom. The zero-order valence-corrected chi connectivity index (χ0v) is 14.9. The smallest absolute Gasteiger partial charge is 0.238 e. The van der Waals surface area contributed by atoms with Crippen LogP contribution in [0, 0.1) is 6.92 Å². The monoisotopic (exact) mass is 375 g/mol. The number of carbonyl (C=O) groups is 1. The summed E-state index contributed by atoms with van der Waals surface area (Å²) in [6, 6.07) is 6.36. The number of hydrogen-bond acceptors (Lipinski definition) is 3. The highest BCUT2D eigenvalue weighted by molar-refractivity contribution is 9.10. The molecule has 1 aromatic carbocycles. The van der Waals surface area contributed by atoms with E-state index in [2.05, 4.69) is 31.5 Å². The Labute approximate surface area is 141 Å².